The van der Waals surface area contributed by atoms with Crippen LogP contribution in [0.15, 0.2) is 17.8 Å². The minimum atomic E-state index is -0.497. The second kappa shape index (κ2) is 11.6. The summed E-state index contributed by atoms with van der Waals surface area (Å²) in [5, 5.41) is 4.08. The van der Waals surface area contributed by atoms with Gasteiger partial charge in [-0.15, -0.1) is 0 Å². The summed E-state index contributed by atoms with van der Waals surface area (Å²) in [6, 6.07) is 3.73. The van der Waals surface area contributed by atoms with E-state index in [2.05, 4.69) is 24.1 Å². The van der Waals surface area contributed by atoms with Crippen molar-refractivity contribution >= 4 is 11.8 Å². The van der Waals surface area contributed by atoms with Gasteiger partial charge in [0.2, 0.25) is 0 Å². The molecule has 1 heterocycles. The highest BCUT2D eigenvalue weighted by atomic mass is 16.5. The van der Waals surface area contributed by atoms with Crippen molar-refractivity contribution in [2.24, 2.45) is 17.5 Å². The number of pyridine rings is 1. The lowest BCUT2D eigenvalue weighted by Gasteiger charge is -2.24. The minimum absolute atomic E-state index is 0.139. The Morgan fingerprint density at radius 1 is 1.30 bits per heavy atom. The van der Waals surface area contributed by atoms with Crippen molar-refractivity contribution in [2.75, 3.05) is 20.2 Å². The second-order valence-corrected chi connectivity index (χ2v) is 8.30. The maximum absolute atomic E-state index is 11.9. The number of rotatable bonds is 9. The fourth-order valence-electron chi connectivity index (χ4n) is 3.34. The van der Waals surface area contributed by atoms with Crippen LogP contribution < -0.4 is 21.6 Å². The van der Waals surface area contributed by atoms with Gasteiger partial charge in [0.25, 0.3) is 0 Å². The van der Waals surface area contributed by atoms with E-state index in [-0.39, 0.29) is 12.6 Å². The zero-order valence-electron chi connectivity index (χ0n) is 18.7. The Morgan fingerprint density at radius 2 is 2.00 bits per heavy atom. The van der Waals surface area contributed by atoms with Gasteiger partial charge < -0.3 is 25.5 Å². The molecule has 1 fully saturated rings. The van der Waals surface area contributed by atoms with Gasteiger partial charge in [0.1, 0.15) is 5.75 Å². The van der Waals surface area contributed by atoms with Gasteiger partial charge in [0, 0.05) is 7.05 Å². The summed E-state index contributed by atoms with van der Waals surface area (Å²) in [7, 11) is 1.67. The summed E-state index contributed by atoms with van der Waals surface area (Å²) in [6.07, 6.45) is 6.46. The standard InChI is InChI=1S/C22H37N5O3/c1-15(2)12-13-29-22(28)25-14-19(27(4)24)21(23)18-10-11-20(16(3)26-18)30-17-8-6-5-7-9-17/h10-11,15,17H,5-9,12-14,23-24H2,1-4H3,(H,25,28)/b21-19-. The molecular formula is C22H37N5O3. The molecule has 0 aliphatic heterocycles. The van der Waals surface area contributed by atoms with Crippen molar-refractivity contribution in [1.29, 1.82) is 0 Å². The predicted molar refractivity (Wildman–Crippen MR) is 118 cm³/mol. The average Bonchev–Trinajstić information content (AvgIpc) is 2.69. The quantitative estimate of drug-likeness (QED) is 0.415. The zero-order chi connectivity index (χ0) is 22.1. The third-order valence-electron chi connectivity index (χ3n) is 5.22. The summed E-state index contributed by atoms with van der Waals surface area (Å²) in [5.74, 6) is 7.20. The largest absolute Gasteiger partial charge is 0.489 e. The SMILES string of the molecule is Cc1nc(/C(N)=C(\CNC(=O)OCCC(C)C)N(C)N)ccc1OC1CCCCC1. The van der Waals surface area contributed by atoms with Crippen molar-refractivity contribution in [3.05, 3.63) is 29.2 Å². The smallest absolute Gasteiger partial charge is 0.407 e. The van der Waals surface area contributed by atoms with E-state index in [0.29, 0.717) is 29.6 Å². The number of carbonyl (C=O) groups is 1. The minimum Gasteiger partial charge on any atom is -0.489 e. The van der Waals surface area contributed by atoms with Crippen LogP contribution in [0, 0.1) is 12.8 Å². The number of nitrogens with one attached hydrogen (secondary N) is 1. The average molecular weight is 420 g/mol. The van der Waals surface area contributed by atoms with E-state index >= 15 is 0 Å². The van der Waals surface area contributed by atoms with E-state index in [1.54, 1.807) is 7.05 Å². The molecule has 2 rings (SSSR count). The molecule has 0 aromatic carbocycles. The summed E-state index contributed by atoms with van der Waals surface area (Å²) >= 11 is 0. The maximum atomic E-state index is 11.9. The van der Waals surface area contributed by atoms with Gasteiger partial charge in [0.15, 0.2) is 0 Å². The lowest BCUT2D eigenvalue weighted by molar-refractivity contribution is 0.141. The first-order chi connectivity index (χ1) is 14.3. The lowest BCUT2D eigenvalue weighted by atomic mass is 9.98. The molecule has 0 unspecified atom stereocenters. The topological polar surface area (TPSA) is 116 Å². The van der Waals surface area contributed by atoms with Gasteiger partial charge in [-0.2, -0.15) is 0 Å². The van der Waals surface area contributed by atoms with Crippen molar-refractivity contribution in [2.45, 2.75) is 65.4 Å². The number of hydrogen-bond donors (Lipinski definition) is 3. The molecule has 1 aromatic rings. The summed E-state index contributed by atoms with van der Waals surface area (Å²) in [4.78, 5) is 16.5. The first-order valence-electron chi connectivity index (χ1n) is 10.8. The Morgan fingerprint density at radius 3 is 2.60 bits per heavy atom. The fourth-order valence-corrected chi connectivity index (χ4v) is 3.34. The number of ether oxygens (including phenoxy) is 2. The Balaban J connectivity index is 2.04. The molecule has 30 heavy (non-hydrogen) atoms. The molecule has 1 aliphatic rings. The monoisotopic (exact) mass is 419 g/mol. The van der Waals surface area contributed by atoms with Crippen molar-refractivity contribution in [1.82, 2.24) is 15.3 Å². The molecule has 0 spiro atoms. The van der Waals surface area contributed by atoms with E-state index in [4.69, 9.17) is 21.1 Å². The molecule has 0 saturated heterocycles. The number of alkyl carbamates (subject to hydrolysis) is 1. The molecule has 8 heteroatoms. The van der Waals surface area contributed by atoms with Gasteiger partial charge in [-0.25, -0.2) is 15.6 Å². The molecule has 1 amide bonds. The van der Waals surface area contributed by atoms with Crippen LogP contribution >= 0.6 is 0 Å². The molecule has 168 valence electrons. The molecule has 5 N–H and O–H groups in total. The number of nitrogens with zero attached hydrogens (tertiary/aromatic N) is 2. The molecule has 0 radical (unpaired) electrons. The second-order valence-electron chi connectivity index (χ2n) is 8.30. The van der Waals surface area contributed by atoms with Crippen LogP contribution in [0.2, 0.25) is 0 Å². The highest BCUT2D eigenvalue weighted by molar-refractivity contribution is 5.69. The third kappa shape index (κ3) is 7.40. The molecule has 1 aromatic heterocycles. The predicted octanol–water partition coefficient (Wildman–Crippen LogP) is 3.31. The highest BCUT2D eigenvalue weighted by Gasteiger charge is 2.18. The van der Waals surface area contributed by atoms with Crippen LogP contribution in [0.5, 0.6) is 5.75 Å². The molecule has 1 saturated carbocycles. The number of aryl methyl sites for hydroxylation is 1. The maximum Gasteiger partial charge on any atom is 0.407 e. The van der Waals surface area contributed by atoms with Gasteiger partial charge in [-0.05, 0) is 57.1 Å². The molecular weight excluding hydrogens is 382 g/mol. The van der Waals surface area contributed by atoms with Crippen LogP contribution in [0.3, 0.4) is 0 Å². The van der Waals surface area contributed by atoms with Crippen LogP contribution in [-0.4, -0.2) is 42.4 Å². The van der Waals surface area contributed by atoms with Crippen molar-refractivity contribution < 1.29 is 14.3 Å². The van der Waals surface area contributed by atoms with Crippen LogP contribution in [0.4, 0.5) is 4.79 Å². The summed E-state index contributed by atoms with van der Waals surface area (Å²) in [5.41, 5.74) is 8.64. The third-order valence-corrected chi connectivity index (χ3v) is 5.22. The van der Waals surface area contributed by atoms with E-state index in [1.807, 2.05) is 19.1 Å². The number of hydrazine groups is 1. The van der Waals surface area contributed by atoms with Gasteiger partial charge in [0.05, 0.1) is 42.0 Å². The number of amides is 1. The first-order valence-corrected chi connectivity index (χ1v) is 10.8. The fraction of sp³-hybridized carbons (Fsp3) is 0.636. The Kier molecular flexibility index (Phi) is 9.23. The number of aromatic nitrogens is 1. The van der Waals surface area contributed by atoms with Crippen LogP contribution in [0.1, 0.15) is 63.8 Å². The number of likely N-dealkylation sites (N-methyl/N-ethyl adjacent to an activating group) is 1. The highest BCUT2D eigenvalue weighted by Crippen LogP contribution is 2.26. The lowest BCUT2D eigenvalue weighted by Crippen LogP contribution is -2.36. The number of hydrogen-bond acceptors (Lipinski definition) is 7. The van der Waals surface area contributed by atoms with Gasteiger partial charge in [-0.3, -0.25) is 0 Å². The Bertz CT molecular complexity index is 727. The van der Waals surface area contributed by atoms with E-state index in [1.165, 1.54) is 24.3 Å². The Labute approximate surface area is 180 Å². The van der Waals surface area contributed by atoms with E-state index < -0.39 is 6.09 Å². The van der Waals surface area contributed by atoms with E-state index in [9.17, 15) is 4.79 Å². The van der Waals surface area contributed by atoms with Crippen molar-refractivity contribution in [3.8, 4) is 5.75 Å². The normalized spacial score (nSPS) is 15.5. The molecule has 0 atom stereocenters. The number of nitrogens with two attached hydrogens (primary N) is 2. The Hall–Kier alpha value is -2.48. The van der Waals surface area contributed by atoms with Crippen molar-refractivity contribution in [3.63, 3.8) is 0 Å². The van der Waals surface area contributed by atoms with Gasteiger partial charge in [-0.1, -0.05) is 20.3 Å². The van der Waals surface area contributed by atoms with E-state index in [0.717, 1.165) is 30.7 Å². The first kappa shape index (κ1) is 23.8. The van der Waals surface area contributed by atoms with Crippen LogP contribution in [-0.2, 0) is 4.74 Å². The zero-order valence-corrected chi connectivity index (χ0v) is 18.7. The molecule has 1 aliphatic carbocycles. The van der Waals surface area contributed by atoms with Crippen LogP contribution in [0.25, 0.3) is 5.70 Å². The number of carbonyl (C=O) groups excluding carboxylic acids is 1. The molecule has 8 nitrogen and oxygen atoms in total. The van der Waals surface area contributed by atoms with Gasteiger partial charge >= 0.3 is 6.09 Å². The molecule has 0 bridgehead atoms. The summed E-state index contributed by atoms with van der Waals surface area (Å²) in [6.45, 7) is 6.57. The summed E-state index contributed by atoms with van der Waals surface area (Å²) < 4.78 is 11.3.